The zero-order valence-corrected chi connectivity index (χ0v) is 12.2. The Morgan fingerprint density at radius 1 is 1.45 bits per heavy atom. The predicted octanol–water partition coefficient (Wildman–Crippen LogP) is 1.41. The quantitative estimate of drug-likeness (QED) is 0.630. The molecule has 0 spiro atoms. The molecule has 1 N–H and O–H groups in total. The van der Waals surface area contributed by atoms with E-state index in [0.29, 0.717) is 0 Å². The lowest BCUT2D eigenvalue weighted by atomic mass is 10.1. The van der Waals surface area contributed by atoms with E-state index in [9.17, 15) is 23.3 Å². The van der Waals surface area contributed by atoms with Crippen LogP contribution in [0.5, 0.6) is 0 Å². The van der Waals surface area contributed by atoms with Crippen molar-refractivity contribution < 1.29 is 18.1 Å². The molecule has 0 heterocycles. The Balaban J connectivity index is 2.84. The van der Waals surface area contributed by atoms with Gasteiger partial charge in [-0.1, -0.05) is 24.6 Å². The van der Waals surface area contributed by atoms with E-state index in [2.05, 4.69) is 5.32 Å². The fourth-order valence-corrected chi connectivity index (χ4v) is 2.39. The fourth-order valence-electron chi connectivity index (χ4n) is 1.44. The van der Waals surface area contributed by atoms with Crippen molar-refractivity contribution in [2.75, 3.05) is 18.1 Å². The van der Waals surface area contributed by atoms with Crippen LogP contribution < -0.4 is 5.32 Å². The number of carbonyl (C=O) groups excluding carboxylic acids is 1. The van der Waals surface area contributed by atoms with Gasteiger partial charge in [0, 0.05) is 12.3 Å². The van der Waals surface area contributed by atoms with Crippen LogP contribution in [0, 0.1) is 10.1 Å². The number of amides is 1. The van der Waals surface area contributed by atoms with Crippen LogP contribution in [0.1, 0.15) is 17.3 Å². The highest BCUT2D eigenvalue weighted by molar-refractivity contribution is 7.91. The van der Waals surface area contributed by atoms with Crippen molar-refractivity contribution in [2.24, 2.45) is 0 Å². The number of carbonyl (C=O) groups is 1. The lowest BCUT2D eigenvalue weighted by Gasteiger charge is -2.06. The van der Waals surface area contributed by atoms with E-state index in [4.69, 9.17) is 11.6 Å². The Labute approximate surface area is 121 Å². The second-order valence-electron chi connectivity index (χ2n) is 3.89. The first-order valence-corrected chi connectivity index (χ1v) is 7.90. The molecule has 1 aromatic carbocycles. The van der Waals surface area contributed by atoms with Crippen LogP contribution in [-0.4, -0.2) is 37.3 Å². The Kier molecular flexibility index (Phi) is 5.46. The number of benzene rings is 1. The number of halogens is 1. The minimum atomic E-state index is -3.21. The van der Waals surface area contributed by atoms with Crippen LogP contribution in [0.15, 0.2) is 18.2 Å². The number of rotatable bonds is 6. The average molecular weight is 321 g/mol. The highest BCUT2D eigenvalue weighted by Gasteiger charge is 2.23. The summed E-state index contributed by atoms with van der Waals surface area (Å²) in [6, 6.07) is 3.97. The second kappa shape index (κ2) is 6.67. The molecule has 0 saturated carbocycles. The van der Waals surface area contributed by atoms with Crippen molar-refractivity contribution in [3.05, 3.63) is 38.9 Å². The summed E-state index contributed by atoms with van der Waals surface area (Å²) in [7, 11) is -3.21. The normalized spacial score (nSPS) is 11.1. The summed E-state index contributed by atoms with van der Waals surface area (Å²) in [6.07, 6.45) is 0. The maximum absolute atomic E-state index is 11.8. The number of para-hydroxylation sites is 1. The Morgan fingerprint density at radius 3 is 2.65 bits per heavy atom. The number of nitrogens with zero attached hydrogens (tertiary/aromatic N) is 1. The van der Waals surface area contributed by atoms with Crippen LogP contribution in [0.4, 0.5) is 5.69 Å². The summed E-state index contributed by atoms with van der Waals surface area (Å²) in [5, 5.41) is 13.1. The molecular formula is C11H13ClN2O5S. The molecule has 0 unspecified atom stereocenters. The first-order valence-electron chi connectivity index (χ1n) is 5.70. The highest BCUT2D eigenvalue weighted by Crippen LogP contribution is 2.27. The summed E-state index contributed by atoms with van der Waals surface area (Å²) in [6.45, 7) is 1.39. The Bertz CT molecular complexity index is 630. The van der Waals surface area contributed by atoms with Crippen molar-refractivity contribution in [3.8, 4) is 0 Å². The van der Waals surface area contributed by atoms with Gasteiger partial charge in [0.2, 0.25) is 0 Å². The van der Waals surface area contributed by atoms with Crippen LogP contribution >= 0.6 is 11.6 Å². The van der Waals surface area contributed by atoms with Gasteiger partial charge in [-0.3, -0.25) is 14.9 Å². The topological polar surface area (TPSA) is 106 Å². The van der Waals surface area contributed by atoms with E-state index in [1.165, 1.54) is 25.1 Å². The summed E-state index contributed by atoms with van der Waals surface area (Å²) in [5.74, 6) is -0.977. The predicted molar refractivity (Wildman–Crippen MR) is 74.8 cm³/mol. The second-order valence-corrected chi connectivity index (χ2v) is 6.77. The Morgan fingerprint density at radius 2 is 2.10 bits per heavy atom. The number of hydrogen-bond acceptors (Lipinski definition) is 5. The molecule has 0 aliphatic carbocycles. The average Bonchev–Trinajstić information content (AvgIpc) is 2.37. The third kappa shape index (κ3) is 4.17. The van der Waals surface area contributed by atoms with Gasteiger partial charge in [0.25, 0.3) is 5.91 Å². The monoisotopic (exact) mass is 320 g/mol. The van der Waals surface area contributed by atoms with Gasteiger partial charge in [0.15, 0.2) is 9.84 Å². The van der Waals surface area contributed by atoms with Crippen molar-refractivity contribution in [1.82, 2.24) is 5.32 Å². The van der Waals surface area contributed by atoms with Gasteiger partial charge in [-0.25, -0.2) is 8.42 Å². The van der Waals surface area contributed by atoms with Crippen molar-refractivity contribution >= 4 is 33.0 Å². The van der Waals surface area contributed by atoms with Crippen molar-refractivity contribution in [2.45, 2.75) is 6.92 Å². The molecule has 0 bridgehead atoms. The third-order valence-electron chi connectivity index (χ3n) is 2.55. The van der Waals surface area contributed by atoms with E-state index >= 15 is 0 Å². The molecule has 7 nitrogen and oxygen atoms in total. The Hall–Kier alpha value is -1.67. The first kappa shape index (κ1) is 16.4. The number of nitrogens with one attached hydrogen (secondary N) is 1. The zero-order valence-electron chi connectivity index (χ0n) is 10.6. The van der Waals surface area contributed by atoms with Crippen LogP contribution in [0.25, 0.3) is 0 Å². The van der Waals surface area contributed by atoms with Gasteiger partial charge in [0.05, 0.1) is 10.7 Å². The molecule has 0 aliphatic rings. The molecule has 0 fully saturated rings. The van der Waals surface area contributed by atoms with E-state index < -0.39 is 26.4 Å². The molecule has 9 heteroatoms. The summed E-state index contributed by atoms with van der Waals surface area (Å²) in [4.78, 5) is 21.9. The molecule has 1 aromatic rings. The molecule has 1 amide bonds. The van der Waals surface area contributed by atoms with Gasteiger partial charge in [-0.05, 0) is 12.1 Å². The highest BCUT2D eigenvalue weighted by atomic mass is 35.5. The molecule has 0 atom stereocenters. The molecule has 0 aliphatic heterocycles. The standard InChI is InChI=1S/C11H13ClN2O5S/c1-2-20(18,19)7-6-13-11(15)8-4-3-5-9(12)10(8)14(16)17/h3-5H,2,6-7H2,1H3,(H,13,15). The van der Waals surface area contributed by atoms with Crippen molar-refractivity contribution in [1.29, 1.82) is 0 Å². The summed E-state index contributed by atoms with van der Waals surface area (Å²) < 4.78 is 22.5. The van der Waals surface area contributed by atoms with Gasteiger partial charge >= 0.3 is 5.69 Å². The van der Waals surface area contributed by atoms with Gasteiger partial charge < -0.3 is 5.32 Å². The fraction of sp³-hybridized carbons (Fsp3) is 0.364. The maximum Gasteiger partial charge on any atom is 0.300 e. The smallest absolute Gasteiger partial charge is 0.300 e. The van der Waals surface area contributed by atoms with E-state index in [1.807, 2.05) is 0 Å². The van der Waals surface area contributed by atoms with Crippen LogP contribution in [0.2, 0.25) is 5.02 Å². The molecule has 0 radical (unpaired) electrons. The van der Waals surface area contributed by atoms with E-state index in [1.54, 1.807) is 0 Å². The summed E-state index contributed by atoms with van der Waals surface area (Å²) >= 11 is 5.68. The SMILES string of the molecule is CCS(=O)(=O)CCNC(=O)c1cccc(Cl)c1[N+](=O)[O-]. The van der Waals surface area contributed by atoms with Crippen LogP contribution in [0.3, 0.4) is 0 Å². The number of sulfone groups is 1. The van der Waals surface area contributed by atoms with Gasteiger partial charge in [-0.15, -0.1) is 0 Å². The third-order valence-corrected chi connectivity index (χ3v) is 4.56. The lowest BCUT2D eigenvalue weighted by molar-refractivity contribution is -0.385. The first-order chi connectivity index (χ1) is 9.28. The molecule has 0 saturated heterocycles. The molecule has 0 aromatic heterocycles. The molecule has 20 heavy (non-hydrogen) atoms. The molecular weight excluding hydrogens is 308 g/mol. The van der Waals surface area contributed by atoms with E-state index in [0.717, 1.165) is 0 Å². The minimum Gasteiger partial charge on any atom is -0.351 e. The number of nitro benzene ring substituents is 1. The van der Waals surface area contributed by atoms with Crippen molar-refractivity contribution in [3.63, 3.8) is 0 Å². The molecule has 110 valence electrons. The largest absolute Gasteiger partial charge is 0.351 e. The molecule has 1 rings (SSSR count). The summed E-state index contributed by atoms with van der Waals surface area (Å²) in [5.41, 5.74) is -0.693. The van der Waals surface area contributed by atoms with Gasteiger partial charge in [-0.2, -0.15) is 0 Å². The number of nitro groups is 1. The van der Waals surface area contributed by atoms with E-state index in [-0.39, 0.29) is 28.6 Å². The van der Waals surface area contributed by atoms with Gasteiger partial charge in [0.1, 0.15) is 10.6 Å². The maximum atomic E-state index is 11.8. The minimum absolute atomic E-state index is 0.0276. The van der Waals surface area contributed by atoms with Crippen LogP contribution in [-0.2, 0) is 9.84 Å². The lowest BCUT2D eigenvalue weighted by Crippen LogP contribution is -2.30. The zero-order chi connectivity index (χ0) is 15.3. The number of hydrogen-bond donors (Lipinski definition) is 1.